The molecule has 1 aromatic carbocycles. The molecule has 1 aliphatic carbocycles. The highest BCUT2D eigenvalue weighted by atomic mass is 19.1. The minimum atomic E-state index is -0.272. The van der Waals surface area contributed by atoms with Gasteiger partial charge in [0, 0.05) is 18.8 Å². The summed E-state index contributed by atoms with van der Waals surface area (Å²) in [5.41, 5.74) is 1.45. The topological polar surface area (TPSA) is 32.3 Å². The normalized spacial score (nSPS) is 25.5. The van der Waals surface area contributed by atoms with E-state index in [0.29, 0.717) is 17.5 Å². The van der Waals surface area contributed by atoms with E-state index in [1.165, 1.54) is 31.4 Å². The number of hydrogen-bond donors (Lipinski definition) is 1. The first-order chi connectivity index (χ1) is 9.13. The van der Waals surface area contributed by atoms with E-state index in [4.69, 9.17) is 0 Å². The minimum absolute atomic E-state index is 0.0518. The second kappa shape index (κ2) is 4.83. The van der Waals surface area contributed by atoms with Crippen LogP contribution in [-0.4, -0.2) is 24.0 Å². The number of nitrogens with one attached hydrogen (secondary N) is 1. The lowest BCUT2D eigenvalue weighted by Gasteiger charge is -2.19. The molecule has 102 valence electrons. The zero-order chi connectivity index (χ0) is 13.4. The average molecular weight is 262 g/mol. The number of rotatable bonds is 1. The molecule has 1 heterocycles. The monoisotopic (exact) mass is 262 g/mol. The molecule has 0 radical (unpaired) electrons. The van der Waals surface area contributed by atoms with Gasteiger partial charge in [0.15, 0.2) is 0 Å². The zero-order valence-corrected chi connectivity index (χ0v) is 11.2. The van der Waals surface area contributed by atoms with Gasteiger partial charge in [0.1, 0.15) is 5.82 Å². The fraction of sp³-hybridized carbons (Fsp3) is 0.533. The molecule has 2 fully saturated rings. The van der Waals surface area contributed by atoms with Gasteiger partial charge >= 0.3 is 6.03 Å². The van der Waals surface area contributed by atoms with E-state index >= 15 is 0 Å². The van der Waals surface area contributed by atoms with E-state index in [2.05, 4.69) is 5.32 Å². The SMILES string of the molecule is Cc1cc(F)ccc1NC(=O)N1CC2CCCC2C1. The Balaban J connectivity index is 1.65. The highest BCUT2D eigenvalue weighted by Gasteiger charge is 2.38. The van der Waals surface area contributed by atoms with Gasteiger partial charge in [-0.3, -0.25) is 0 Å². The van der Waals surface area contributed by atoms with Gasteiger partial charge in [-0.05, 0) is 55.4 Å². The van der Waals surface area contributed by atoms with Crippen LogP contribution in [0.25, 0.3) is 0 Å². The van der Waals surface area contributed by atoms with Crippen LogP contribution >= 0.6 is 0 Å². The van der Waals surface area contributed by atoms with Crippen LogP contribution in [0.1, 0.15) is 24.8 Å². The molecule has 0 bridgehead atoms. The summed E-state index contributed by atoms with van der Waals surface area (Å²) in [6, 6.07) is 4.39. The van der Waals surface area contributed by atoms with Gasteiger partial charge in [-0.2, -0.15) is 0 Å². The van der Waals surface area contributed by atoms with Crippen molar-refractivity contribution in [1.29, 1.82) is 0 Å². The number of likely N-dealkylation sites (tertiary alicyclic amines) is 1. The summed E-state index contributed by atoms with van der Waals surface area (Å²) in [7, 11) is 0. The number of nitrogens with zero attached hydrogens (tertiary/aromatic N) is 1. The van der Waals surface area contributed by atoms with E-state index in [0.717, 1.165) is 18.7 Å². The predicted octanol–water partition coefficient (Wildman–Crippen LogP) is 3.40. The van der Waals surface area contributed by atoms with Gasteiger partial charge in [-0.1, -0.05) is 6.42 Å². The number of benzene rings is 1. The third-order valence-electron chi connectivity index (χ3n) is 4.44. The Morgan fingerprint density at radius 3 is 2.63 bits per heavy atom. The van der Waals surface area contributed by atoms with Crippen LogP contribution in [0.15, 0.2) is 18.2 Å². The third kappa shape index (κ3) is 2.44. The lowest BCUT2D eigenvalue weighted by atomic mass is 10.0. The number of aryl methyl sites for hydroxylation is 1. The van der Waals surface area contributed by atoms with Crippen LogP contribution in [-0.2, 0) is 0 Å². The van der Waals surface area contributed by atoms with Crippen molar-refractivity contribution in [3.05, 3.63) is 29.6 Å². The van der Waals surface area contributed by atoms with E-state index in [1.54, 1.807) is 13.0 Å². The van der Waals surface area contributed by atoms with Crippen molar-refractivity contribution in [2.75, 3.05) is 18.4 Å². The Hall–Kier alpha value is -1.58. The molecular weight excluding hydrogens is 243 g/mol. The first-order valence-corrected chi connectivity index (χ1v) is 6.95. The van der Waals surface area contributed by atoms with Crippen molar-refractivity contribution >= 4 is 11.7 Å². The van der Waals surface area contributed by atoms with E-state index < -0.39 is 0 Å². The van der Waals surface area contributed by atoms with Crippen LogP contribution in [0, 0.1) is 24.6 Å². The summed E-state index contributed by atoms with van der Waals surface area (Å²) in [5.74, 6) is 1.12. The van der Waals surface area contributed by atoms with Crippen molar-refractivity contribution in [2.24, 2.45) is 11.8 Å². The number of fused-ring (bicyclic) bond motifs is 1. The summed E-state index contributed by atoms with van der Waals surface area (Å²) in [6.45, 7) is 3.55. The molecule has 2 atom stereocenters. The molecule has 4 heteroatoms. The summed E-state index contributed by atoms with van der Waals surface area (Å²) in [4.78, 5) is 14.1. The molecule has 1 aromatic rings. The minimum Gasteiger partial charge on any atom is -0.324 e. The highest BCUT2D eigenvalue weighted by molar-refractivity contribution is 5.90. The molecule has 19 heavy (non-hydrogen) atoms. The number of urea groups is 1. The van der Waals surface area contributed by atoms with E-state index in [-0.39, 0.29) is 11.8 Å². The van der Waals surface area contributed by atoms with Gasteiger partial charge < -0.3 is 10.2 Å². The Morgan fingerprint density at radius 2 is 2.00 bits per heavy atom. The maximum atomic E-state index is 13.0. The van der Waals surface area contributed by atoms with Gasteiger partial charge in [-0.25, -0.2) is 9.18 Å². The van der Waals surface area contributed by atoms with Crippen molar-refractivity contribution in [2.45, 2.75) is 26.2 Å². The van der Waals surface area contributed by atoms with Crippen molar-refractivity contribution in [1.82, 2.24) is 4.90 Å². The molecule has 1 saturated heterocycles. The van der Waals surface area contributed by atoms with Crippen molar-refractivity contribution < 1.29 is 9.18 Å². The predicted molar refractivity (Wildman–Crippen MR) is 72.6 cm³/mol. The lowest BCUT2D eigenvalue weighted by molar-refractivity contribution is 0.219. The smallest absolute Gasteiger partial charge is 0.321 e. The van der Waals surface area contributed by atoms with E-state index in [1.807, 2.05) is 4.90 Å². The Kier molecular flexibility index (Phi) is 3.17. The molecule has 0 spiro atoms. The van der Waals surface area contributed by atoms with Crippen LogP contribution in [0.3, 0.4) is 0 Å². The molecular formula is C15H19FN2O. The second-order valence-corrected chi connectivity index (χ2v) is 5.75. The maximum absolute atomic E-state index is 13.0. The highest BCUT2D eigenvalue weighted by Crippen LogP contribution is 2.37. The molecule has 3 nitrogen and oxygen atoms in total. The first-order valence-electron chi connectivity index (χ1n) is 6.95. The zero-order valence-electron chi connectivity index (χ0n) is 11.2. The fourth-order valence-corrected chi connectivity index (χ4v) is 3.36. The molecule has 3 rings (SSSR count). The molecule has 2 amide bonds. The number of carbonyl (C=O) groups excluding carboxylic acids is 1. The second-order valence-electron chi connectivity index (χ2n) is 5.75. The van der Waals surface area contributed by atoms with Crippen LogP contribution in [0.4, 0.5) is 14.9 Å². The van der Waals surface area contributed by atoms with Crippen molar-refractivity contribution in [3.63, 3.8) is 0 Å². The van der Waals surface area contributed by atoms with Crippen LogP contribution < -0.4 is 5.32 Å². The van der Waals surface area contributed by atoms with E-state index in [9.17, 15) is 9.18 Å². The number of amides is 2. The lowest BCUT2D eigenvalue weighted by Crippen LogP contribution is -2.33. The molecule has 0 aromatic heterocycles. The quantitative estimate of drug-likeness (QED) is 0.826. The summed E-state index contributed by atoms with van der Waals surface area (Å²) < 4.78 is 13.0. The van der Waals surface area contributed by atoms with Gasteiger partial charge in [0.25, 0.3) is 0 Å². The number of carbonyl (C=O) groups is 1. The summed E-state index contributed by atoms with van der Waals surface area (Å²) >= 11 is 0. The standard InChI is InChI=1S/C15H19FN2O/c1-10-7-13(16)5-6-14(10)17-15(19)18-8-11-3-2-4-12(11)9-18/h5-7,11-12H,2-4,8-9H2,1H3,(H,17,19). The Labute approximate surface area is 112 Å². The summed E-state index contributed by atoms with van der Waals surface area (Å²) in [5, 5.41) is 2.89. The first kappa shape index (κ1) is 12.5. The number of hydrogen-bond acceptors (Lipinski definition) is 1. The molecule has 2 aliphatic rings. The summed E-state index contributed by atoms with van der Waals surface area (Å²) in [6.07, 6.45) is 3.82. The largest absolute Gasteiger partial charge is 0.324 e. The van der Waals surface area contributed by atoms with Gasteiger partial charge in [0.05, 0.1) is 0 Å². The van der Waals surface area contributed by atoms with Crippen LogP contribution in [0.2, 0.25) is 0 Å². The Bertz CT molecular complexity index is 491. The average Bonchev–Trinajstić information content (AvgIpc) is 2.93. The Morgan fingerprint density at radius 1 is 1.32 bits per heavy atom. The third-order valence-corrected chi connectivity index (χ3v) is 4.44. The molecule has 2 unspecified atom stereocenters. The van der Waals surface area contributed by atoms with Gasteiger partial charge in [-0.15, -0.1) is 0 Å². The number of anilines is 1. The maximum Gasteiger partial charge on any atom is 0.321 e. The molecule has 1 N–H and O–H groups in total. The van der Waals surface area contributed by atoms with Gasteiger partial charge in [0.2, 0.25) is 0 Å². The molecule has 1 saturated carbocycles. The molecule has 1 aliphatic heterocycles. The fourth-order valence-electron chi connectivity index (χ4n) is 3.36. The van der Waals surface area contributed by atoms with Crippen molar-refractivity contribution in [3.8, 4) is 0 Å². The number of halogens is 1. The van der Waals surface area contributed by atoms with Crippen LogP contribution in [0.5, 0.6) is 0 Å².